The second-order valence-corrected chi connectivity index (χ2v) is 6.59. The lowest BCUT2D eigenvalue weighted by atomic mass is 10.2. The van der Waals surface area contributed by atoms with E-state index >= 15 is 0 Å². The molecule has 0 unspecified atom stereocenters. The number of anilines is 1. The lowest BCUT2D eigenvalue weighted by molar-refractivity contribution is -0.127. The molecule has 1 amide bonds. The number of likely N-dealkylation sites (N-methyl/N-ethyl adjacent to an activating group) is 1. The standard InChI is InChI=1S/C20H22N6O2/c1-3-25-13-15(10-19(25)27)23-20-21-9-8-16(24-20)14-11-22-26(12-14)17-6-4-5-7-18(17)28-2/h4-9,11-12,15H,3,10,13H2,1-2H3,(H,21,23,24)/t15-/m1/s1. The summed E-state index contributed by atoms with van der Waals surface area (Å²) in [6.45, 7) is 3.38. The molecule has 1 aromatic carbocycles. The summed E-state index contributed by atoms with van der Waals surface area (Å²) in [5, 5.41) is 7.71. The van der Waals surface area contributed by atoms with Crippen LogP contribution < -0.4 is 10.1 Å². The fourth-order valence-corrected chi connectivity index (χ4v) is 3.35. The van der Waals surface area contributed by atoms with Gasteiger partial charge in [0.25, 0.3) is 0 Å². The molecule has 1 aliphatic heterocycles. The molecular weight excluding hydrogens is 356 g/mol. The van der Waals surface area contributed by atoms with Crippen molar-refractivity contribution in [2.75, 3.05) is 25.5 Å². The van der Waals surface area contributed by atoms with Crippen LogP contribution in [0, 0.1) is 0 Å². The fraction of sp³-hybridized carbons (Fsp3) is 0.300. The second kappa shape index (κ2) is 7.67. The van der Waals surface area contributed by atoms with Crippen molar-refractivity contribution in [3.05, 3.63) is 48.9 Å². The molecular formula is C20H22N6O2. The molecule has 1 aliphatic rings. The molecule has 3 heterocycles. The topological polar surface area (TPSA) is 85.2 Å². The van der Waals surface area contributed by atoms with Crippen LogP contribution in [0.15, 0.2) is 48.9 Å². The van der Waals surface area contributed by atoms with E-state index < -0.39 is 0 Å². The highest BCUT2D eigenvalue weighted by Gasteiger charge is 2.28. The third kappa shape index (κ3) is 3.53. The Morgan fingerprint density at radius 2 is 2.14 bits per heavy atom. The Kier molecular flexibility index (Phi) is 4.92. The van der Waals surface area contributed by atoms with Crippen LogP contribution in [0.5, 0.6) is 5.75 Å². The molecule has 0 radical (unpaired) electrons. The Morgan fingerprint density at radius 3 is 2.93 bits per heavy atom. The molecule has 8 heteroatoms. The Morgan fingerprint density at radius 1 is 1.29 bits per heavy atom. The van der Waals surface area contributed by atoms with Gasteiger partial charge in [-0.25, -0.2) is 14.6 Å². The Labute approximate surface area is 163 Å². The van der Waals surface area contributed by atoms with Gasteiger partial charge in [0.2, 0.25) is 11.9 Å². The maximum absolute atomic E-state index is 11.9. The zero-order valence-corrected chi connectivity index (χ0v) is 15.9. The van der Waals surface area contributed by atoms with Crippen molar-refractivity contribution in [1.82, 2.24) is 24.6 Å². The molecule has 4 rings (SSSR count). The summed E-state index contributed by atoms with van der Waals surface area (Å²) in [6, 6.07) is 9.56. The number of hydrogen-bond donors (Lipinski definition) is 1. The van der Waals surface area contributed by atoms with Crippen LogP contribution in [0.4, 0.5) is 5.95 Å². The summed E-state index contributed by atoms with van der Waals surface area (Å²) in [6.07, 6.45) is 5.84. The van der Waals surface area contributed by atoms with Crippen LogP contribution in [-0.4, -0.2) is 56.8 Å². The molecule has 1 N–H and O–H groups in total. The Bertz CT molecular complexity index is 986. The number of likely N-dealkylation sites (tertiary alicyclic amines) is 1. The van der Waals surface area contributed by atoms with E-state index in [4.69, 9.17) is 4.74 Å². The van der Waals surface area contributed by atoms with Gasteiger partial charge in [0.15, 0.2) is 0 Å². The summed E-state index contributed by atoms with van der Waals surface area (Å²) >= 11 is 0. The summed E-state index contributed by atoms with van der Waals surface area (Å²) < 4.78 is 7.17. The minimum absolute atomic E-state index is 0.0269. The van der Waals surface area contributed by atoms with Gasteiger partial charge in [-0.05, 0) is 25.1 Å². The normalized spacial score (nSPS) is 16.4. The van der Waals surface area contributed by atoms with Crippen LogP contribution in [0.3, 0.4) is 0 Å². The third-order valence-corrected chi connectivity index (χ3v) is 4.80. The van der Waals surface area contributed by atoms with Crippen molar-refractivity contribution in [3.63, 3.8) is 0 Å². The second-order valence-electron chi connectivity index (χ2n) is 6.59. The molecule has 3 aromatic rings. The maximum Gasteiger partial charge on any atom is 0.224 e. The van der Waals surface area contributed by atoms with Crippen molar-refractivity contribution in [2.45, 2.75) is 19.4 Å². The number of amides is 1. The monoisotopic (exact) mass is 378 g/mol. The van der Waals surface area contributed by atoms with Crippen molar-refractivity contribution < 1.29 is 9.53 Å². The van der Waals surface area contributed by atoms with E-state index in [-0.39, 0.29) is 11.9 Å². The number of benzene rings is 1. The highest BCUT2D eigenvalue weighted by Crippen LogP contribution is 2.24. The minimum Gasteiger partial charge on any atom is -0.494 e. The van der Waals surface area contributed by atoms with Gasteiger partial charge in [-0.15, -0.1) is 0 Å². The first-order valence-electron chi connectivity index (χ1n) is 9.23. The zero-order valence-electron chi connectivity index (χ0n) is 15.9. The van der Waals surface area contributed by atoms with Gasteiger partial charge in [0.1, 0.15) is 11.4 Å². The van der Waals surface area contributed by atoms with Crippen molar-refractivity contribution in [2.24, 2.45) is 0 Å². The van der Waals surface area contributed by atoms with Crippen molar-refractivity contribution >= 4 is 11.9 Å². The van der Waals surface area contributed by atoms with Crippen LogP contribution in [-0.2, 0) is 4.79 Å². The first-order valence-corrected chi connectivity index (χ1v) is 9.23. The van der Waals surface area contributed by atoms with Gasteiger partial charge in [-0.3, -0.25) is 4.79 Å². The number of ether oxygens (including phenoxy) is 1. The van der Waals surface area contributed by atoms with E-state index in [9.17, 15) is 4.79 Å². The van der Waals surface area contributed by atoms with E-state index in [1.807, 2.05) is 48.4 Å². The van der Waals surface area contributed by atoms with Gasteiger partial charge in [-0.1, -0.05) is 12.1 Å². The van der Waals surface area contributed by atoms with Gasteiger partial charge in [0, 0.05) is 37.5 Å². The lowest BCUT2D eigenvalue weighted by Crippen LogP contribution is -2.28. The predicted octanol–water partition coefficient (Wildman–Crippen LogP) is 2.37. The number of rotatable bonds is 6. The molecule has 2 aromatic heterocycles. The van der Waals surface area contributed by atoms with Crippen molar-refractivity contribution in [1.29, 1.82) is 0 Å². The molecule has 0 spiro atoms. The molecule has 0 saturated carbocycles. The van der Waals surface area contributed by atoms with Gasteiger partial charge in [0.05, 0.1) is 25.0 Å². The largest absolute Gasteiger partial charge is 0.494 e. The number of nitrogens with one attached hydrogen (secondary N) is 1. The molecule has 144 valence electrons. The summed E-state index contributed by atoms with van der Waals surface area (Å²) in [5.41, 5.74) is 2.48. The first kappa shape index (κ1) is 18.0. The highest BCUT2D eigenvalue weighted by molar-refractivity contribution is 5.79. The van der Waals surface area contributed by atoms with E-state index in [2.05, 4.69) is 20.4 Å². The molecule has 28 heavy (non-hydrogen) atoms. The molecule has 1 fully saturated rings. The van der Waals surface area contributed by atoms with E-state index in [0.29, 0.717) is 18.9 Å². The number of carbonyl (C=O) groups excluding carboxylic acids is 1. The van der Waals surface area contributed by atoms with Crippen LogP contribution in [0.25, 0.3) is 16.9 Å². The summed E-state index contributed by atoms with van der Waals surface area (Å²) in [7, 11) is 1.64. The minimum atomic E-state index is 0.0269. The lowest BCUT2D eigenvalue weighted by Gasteiger charge is -2.14. The summed E-state index contributed by atoms with van der Waals surface area (Å²) in [4.78, 5) is 22.6. The predicted molar refractivity (Wildman–Crippen MR) is 105 cm³/mol. The molecule has 1 atom stereocenters. The van der Waals surface area contributed by atoms with Crippen LogP contribution in [0.1, 0.15) is 13.3 Å². The molecule has 0 aliphatic carbocycles. The average Bonchev–Trinajstić information content (AvgIpc) is 3.35. The number of hydrogen-bond acceptors (Lipinski definition) is 6. The molecule has 8 nitrogen and oxygen atoms in total. The first-order chi connectivity index (χ1) is 13.7. The maximum atomic E-state index is 11.9. The quantitative estimate of drug-likeness (QED) is 0.709. The van der Waals surface area contributed by atoms with Gasteiger partial charge < -0.3 is 15.0 Å². The van der Waals surface area contributed by atoms with Crippen LogP contribution in [0.2, 0.25) is 0 Å². The number of carbonyl (C=O) groups is 1. The number of methoxy groups -OCH3 is 1. The smallest absolute Gasteiger partial charge is 0.224 e. The van der Waals surface area contributed by atoms with E-state index in [1.165, 1.54) is 0 Å². The van der Waals surface area contributed by atoms with E-state index in [1.54, 1.807) is 24.2 Å². The van der Waals surface area contributed by atoms with Gasteiger partial charge >= 0.3 is 0 Å². The average molecular weight is 378 g/mol. The van der Waals surface area contributed by atoms with E-state index in [0.717, 1.165) is 29.2 Å². The van der Waals surface area contributed by atoms with Gasteiger partial charge in [-0.2, -0.15) is 5.10 Å². The number of nitrogens with zero attached hydrogens (tertiary/aromatic N) is 5. The third-order valence-electron chi connectivity index (χ3n) is 4.80. The highest BCUT2D eigenvalue weighted by atomic mass is 16.5. The SMILES string of the molecule is CCN1C[C@H](Nc2nccc(-c3cnn(-c4ccccc4OC)c3)n2)CC1=O. The Hall–Kier alpha value is -3.42. The molecule has 1 saturated heterocycles. The fourth-order valence-electron chi connectivity index (χ4n) is 3.35. The van der Waals surface area contributed by atoms with Crippen molar-refractivity contribution in [3.8, 4) is 22.7 Å². The van der Waals surface area contributed by atoms with Crippen LogP contribution >= 0.6 is 0 Å². The number of aromatic nitrogens is 4. The number of para-hydroxylation sites is 2. The summed E-state index contributed by atoms with van der Waals surface area (Å²) in [5.74, 6) is 1.42. The molecule has 0 bridgehead atoms. The Balaban J connectivity index is 1.54. The zero-order chi connectivity index (χ0) is 19.5.